The first-order chi connectivity index (χ1) is 10.2. The molecule has 0 aromatic heterocycles. The smallest absolute Gasteiger partial charge is 0.191 e. The maximum Gasteiger partial charge on any atom is 0.191 e. The molecule has 0 saturated carbocycles. The Labute approximate surface area is 159 Å². The van der Waals surface area contributed by atoms with E-state index < -0.39 is 0 Å². The van der Waals surface area contributed by atoms with Crippen LogP contribution in [-0.4, -0.2) is 39.8 Å². The van der Waals surface area contributed by atoms with Gasteiger partial charge in [0.2, 0.25) is 0 Å². The number of methoxy groups -OCH3 is 1. The number of nitrogens with one attached hydrogen (secondary N) is 2. The van der Waals surface area contributed by atoms with Gasteiger partial charge in [0, 0.05) is 31.7 Å². The first-order valence-electron chi connectivity index (χ1n) is 7.37. The number of halogens is 2. The third-order valence-corrected chi connectivity index (χ3v) is 3.86. The van der Waals surface area contributed by atoms with Gasteiger partial charge in [-0.15, -0.1) is 24.0 Å². The van der Waals surface area contributed by atoms with Gasteiger partial charge in [0.15, 0.2) is 5.96 Å². The molecule has 0 heterocycles. The SMILES string of the molecule is CCC(CNC(=NC)NCCOC)Cc1cccc(Br)c1.I. The second-order valence-electron chi connectivity index (χ2n) is 4.98. The highest BCUT2D eigenvalue weighted by Gasteiger charge is 2.09. The van der Waals surface area contributed by atoms with E-state index in [0.29, 0.717) is 12.5 Å². The van der Waals surface area contributed by atoms with E-state index >= 15 is 0 Å². The van der Waals surface area contributed by atoms with Gasteiger partial charge in [-0.05, 0) is 30.0 Å². The van der Waals surface area contributed by atoms with Gasteiger partial charge in [0.25, 0.3) is 0 Å². The Morgan fingerprint density at radius 3 is 2.73 bits per heavy atom. The van der Waals surface area contributed by atoms with E-state index in [1.807, 2.05) is 0 Å². The molecular weight excluding hydrogens is 457 g/mol. The molecule has 1 atom stereocenters. The first kappa shape index (κ1) is 21.7. The van der Waals surface area contributed by atoms with E-state index in [9.17, 15) is 0 Å². The van der Waals surface area contributed by atoms with Crippen LogP contribution in [0.25, 0.3) is 0 Å². The molecule has 126 valence electrons. The highest BCUT2D eigenvalue weighted by Crippen LogP contribution is 2.16. The lowest BCUT2D eigenvalue weighted by Gasteiger charge is -2.18. The zero-order valence-corrected chi connectivity index (χ0v) is 17.5. The third-order valence-electron chi connectivity index (χ3n) is 3.37. The molecule has 1 aromatic rings. The van der Waals surface area contributed by atoms with Crippen LogP contribution in [0.4, 0.5) is 0 Å². The molecule has 4 nitrogen and oxygen atoms in total. The summed E-state index contributed by atoms with van der Waals surface area (Å²) in [6.07, 6.45) is 2.20. The number of benzene rings is 1. The van der Waals surface area contributed by atoms with E-state index in [4.69, 9.17) is 4.74 Å². The number of guanidine groups is 1. The van der Waals surface area contributed by atoms with Gasteiger partial charge in [-0.25, -0.2) is 0 Å². The molecule has 1 rings (SSSR count). The molecule has 1 unspecified atom stereocenters. The molecule has 22 heavy (non-hydrogen) atoms. The summed E-state index contributed by atoms with van der Waals surface area (Å²) in [5.41, 5.74) is 1.36. The molecule has 0 aliphatic carbocycles. The average Bonchev–Trinajstić information content (AvgIpc) is 2.49. The predicted molar refractivity (Wildman–Crippen MR) is 108 cm³/mol. The average molecular weight is 484 g/mol. The van der Waals surface area contributed by atoms with Gasteiger partial charge in [-0.3, -0.25) is 4.99 Å². The predicted octanol–water partition coefficient (Wildman–Crippen LogP) is 3.45. The van der Waals surface area contributed by atoms with Crippen molar-refractivity contribution in [3.05, 3.63) is 34.3 Å². The van der Waals surface area contributed by atoms with Crippen molar-refractivity contribution in [3.63, 3.8) is 0 Å². The summed E-state index contributed by atoms with van der Waals surface area (Å²) in [6.45, 7) is 4.58. The minimum atomic E-state index is 0. The molecule has 0 saturated heterocycles. The Hall–Kier alpha value is -0.340. The van der Waals surface area contributed by atoms with Crippen molar-refractivity contribution in [1.82, 2.24) is 10.6 Å². The van der Waals surface area contributed by atoms with Gasteiger partial charge in [0.1, 0.15) is 0 Å². The van der Waals surface area contributed by atoms with Crippen molar-refractivity contribution >= 4 is 45.9 Å². The summed E-state index contributed by atoms with van der Waals surface area (Å²) in [5.74, 6) is 1.42. The Morgan fingerprint density at radius 2 is 2.14 bits per heavy atom. The maximum absolute atomic E-state index is 5.02. The molecule has 1 aromatic carbocycles. The number of hydrogen-bond acceptors (Lipinski definition) is 2. The van der Waals surface area contributed by atoms with E-state index in [0.717, 1.165) is 36.4 Å². The van der Waals surface area contributed by atoms with Crippen molar-refractivity contribution in [2.45, 2.75) is 19.8 Å². The van der Waals surface area contributed by atoms with Crippen LogP contribution in [0.2, 0.25) is 0 Å². The maximum atomic E-state index is 5.02. The van der Waals surface area contributed by atoms with Gasteiger partial charge >= 0.3 is 0 Å². The standard InChI is InChI=1S/C16H26BrN3O.HI/c1-4-13(10-14-6-5-7-15(17)11-14)12-20-16(18-2)19-8-9-21-3;/h5-7,11,13H,4,8-10,12H2,1-3H3,(H2,18,19,20);1H. The lowest BCUT2D eigenvalue weighted by molar-refractivity contribution is 0.203. The zero-order chi connectivity index (χ0) is 15.5. The summed E-state index contributed by atoms with van der Waals surface area (Å²) in [4.78, 5) is 4.22. The minimum absolute atomic E-state index is 0. The second kappa shape index (κ2) is 13.1. The third kappa shape index (κ3) is 8.95. The summed E-state index contributed by atoms with van der Waals surface area (Å²) in [7, 11) is 3.49. The molecule has 0 bridgehead atoms. The van der Waals surface area contributed by atoms with E-state index in [1.165, 1.54) is 5.56 Å². The summed E-state index contributed by atoms with van der Waals surface area (Å²) in [6, 6.07) is 8.52. The van der Waals surface area contributed by atoms with E-state index in [1.54, 1.807) is 14.2 Å². The van der Waals surface area contributed by atoms with Crippen molar-refractivity contribution in [2.24, 2.45) is 10.9 Å². The topological polar surface area (TPSA) is 45.7 Å². The van der Waals surface area contributed by atoms with Gasteiger partial charge in [-0.1, -0.05) is 41.4 Å². The number of nitrogens with zero attached hydrogens (tertiary/aromatic N) is 1. The van der Waals surface area contributed by atoms with Crippen LogP contribution in [-0.2, 0) is 11.2 Å². The van der Waals surface area contributed by atoms with Gasteiger partial charge in [-0.2, -0.15) is 0 Å². The number of hydrogen-bond donors (Lipinski definition) is 2. The Bertz CT molecular complexity index is 443. The fourth-order valence-electron chi connectivity index (χ4n) is 2.09. The van der Waals surface area contributed by atoms with Crippen LogP contribution in [0, 0.1) is 5.92 Å². The molecule has 0 aliphatic heterocycles. The molecule has 2 N–H and O–H groups in total. The minimum Gasteiger partial charge on any atom is -0.383 e. The van der Waals surface area contributed by atoms with E-state index in [-0.39, 0.29) is 24.0 Å². The van der Waals surface area contributed by atoms with Crippen molar-refractivity contribution in [2.75, 3.05) is 33.9 Å². The highest BCUT2D eigenvalue weighted by atomic mass is 127. The fourth-order valence-corrected chi connectivity index (χ4v) is 2.54. The van der Waals surface area contributed by atoms with E-state index in [2.05, 4.69) is 62.7 Å². The number of aliphatic imine (C=N–C) groups is 1. The van der Waals surface area contributed by atoms with Crippen LogP contribution >= 0.6 is 39.9 Å². The summed E-state index contributed by atoms with van der Waals surface area (Å²) >= 11 is 3.53. The second-order valence-corrected chi connectivity index (χ2v) is 5.90. The Kier molecular flexibility index (Phi) is 12.9. The normalized spacial score (nSPS) is 12.5. The summed E-state index contributed by atoms with van der Waals surface area (Å²) in [5, 5.41) is 6.61. The van der Waals surface area contributed by atoms with Crippen LogP contribution in [0.3, 0.4) is 0 Å². The van der Waals surface area contributed by atoms with Crippen LogP contribution in [0.5, 0.6) is 0 Å². The van der Waals surface area contributed by atoms with Crippen LogP contribution in [0.1, 0.15) is 18.9 Å². The lowest BCUT2D eigenvalue weighted by atomic mass is 9.97. The molecule has 0 radical (unpaired) electrons. The first-order valence-corrected chi connectivity index (χ1v) is 8.16. The van der Waals surface area contributed by atoms with Gasteiger partial charge < -0.3 is 15.4 Å². The highest BCUT2D eigenvalue weighted by molar-refractivity contribution is 14.0. The van der Waals surface area contributed by atoms with Crippen LogP contribution in [0.15, 0.2) is 33.7 Å². The Morgan fingerprint density at radius 1 is 1.36 bits per heavy atom. The Balaban J connectivity index is 0.00000441. The molecule has 0 aliphatic rings. The zero-order valence-electron chi connectivity index (χ0n) is 13.6. The fraction of sp³-hybridized carbons (Fsp3) is 0.562. The van der Waals surface area contributed by atoms with Crippen molar-refractivity contribution in [3.8, 4) is 0 Å². The van der Waals surface area contributed by atoms with Crippen molar-refractivity contribution < 1.29 is 4.74 Å². The van der Waals surface area contributed by atoms with Gasteiger partial charge in [0.05, 0.1) is 6.61 Å². The summed E-state index contributed by atoms with van der Waals surface area (Å²) < 4.78 is 6.16. The lowest BCUT2D eigenvalue weighted by Crippen LogP contribution is -2.41. The monoisotopic (exact) mass is 483 g/mol. The molecule has 0 spiro atoms. The molecule has 6 heteroatoms. The number of rotatable bonds is 8. The van der Waals surface area contributed by atoms with Crippen LogP contribution < -0.4 is 10.6 Å². The largest absolute Gasteiger partial charge is 0.383 e. The molecular formula is C16H27BrIN3O. The molecule has 0 fully saturated rings. The quantitative estimate of drug-likeness (QED) is 0.257. The number of ether oxygens (including phenoxy) is 1. The molecule has 0 amide bonds. The van der Waals surface area contributed by atoms with Crippen molar-refractivity contribution in [1.29, 1.82) is 0 Å².